The maximum atomic E-state index is 13.3. The van der Waals surface area contributed by atoms with E-state index in [1.165, 1.54) is 24.3 Å². The van der Waals surface area contributed by atoms with Crippen molar-refractivity contribution >= 4 is 17.0 Å². The van der Waals surface area contributed by atoms with Gasteiger partial charge in [-0.3, -0.25) is 4.79 Å². The molecule has 166 valence electrons. The number of aromatic nitrogens is 1. The van der Waals surface area contributed by atoms with Crippen molar-refractivity contribution in [2.75, 3.05) is 6.54 Å². The van der Waals surface area contributed by atoms with Gasteiger partial charge in [-0.2, -0.15) is 13.2 Å². The largest absolute Gasteiger partial charge is 0.445 e. The molecule has 2 heterocycles. The van der Waals surface area contributed by atoms with Crippen molar-refractivity contribution in [3.63, 3.8) is 0 Å². The highest BCUT2D eigenvalue weighted by atomic mass is 19.4. The molecule has 1 atom stereocenters. The first-order valence-corrected chi connectivity index (χ1v) is 10.3. The average Bonchev–Trinajstić information content (AvgIpc) is 3.17. The molecule has 0 spiro atoms. The summed E-state index contributed by atoms with van der Waals surface area (Å²) >= 11 is 0. The first-order valence-electron chi connectivity index (χ1n) is 10.3. The smallest absolute Gasteiger partial charge is 0.417 e. The van der Waals surface area contributed by atoms with Gasteiger partial charge >= 0.3 is 12.3 Å². The molecule has 0 N–H and O–H groups in total. The van der Waals surface area contributed by atoms with Gasteiger partial charge in [-0.25, -0.2) is 9.78 Å². The summed E-state index contributed by atoms with van der Waals surface area (Å²) in [5.41, 5.74) is -0.312. The number of ether oxygens (including phenoxy) is 1. The van der Waals surface area contributed by atoms with Gasteiger partial charge in [-0.15, -0.1) is 0 Å². The Balaban J connectivity index is 1.55. The van der Waals surface area contributed by atoms with Gasteiger partial charge in [-0.1, -0.05) is 48.5 Å². The number of alkyl halides is 3. The van der Waals surface area contributed by atoms with Crippen LogP contribution in [0.2, 0.25) is 0 Å². The van der Waals surface area contributed by atoms with Gasteiger partial charge in [0, 0.05) is 23.5 Å². The highest BCUT2D eigenvalue weighted by molar-refractivity contribution is 5.82. The monoisotopic (exact) mass is 442 g/mol. The van der Waals surface area contributed by atoms with E-state index in [0.29, 0.717) is 13.0 Å². The lowest BCUT2D eigenvalue weighted by Gasteiger charge is -2.23. The Morgan fingerprint density at radius 1 is 1.06 bits per heavy atom. The predicted molar refractivity (Wildman–Crippen MR) is 113 cm³/mol. The van der Waals surface area contributed by atoms with Gasteiger partial charge in [0.2, 0.25) is 0 Å². The number of carbonyl (C=O) groups is 1. The first kappa shape index (κ1) is 21.8. The van der Waals surface area contributed by atoms with Crippen molar-refractivity contribution < 1.29 is 22.7 Å². The maximum absolute atomic E-state index is 13.3. The number of nitrogens with zero attached hydrogens (tertiary/aromatic N) is 2. The lowest BCUT2D eigenvalue weighted by Crippen LogP contribution is -2.38. The molecule has 8 heteroatoms. The van der Waals surface area contributed by atoms with E-state index in [9.17, 15) is 22.8 Å². The van der Waals surface area contributed by atoms with Gasteiger partial charge in [0.15, 0.2) is 0 Å². The van der Waals surface area contributed by atoms with Gasteiger partial charge in [-0.05, 0) is 37.0 Å². The molecule has 1 aromatic heterocycles. The van der Waals surface area contributed by atoms with Crippen molar-refractivity contribution in [1.29, 1.82) is 0 Å². The molecule has 5 nitrogen and oxygen atoms in total. The quantitative estimate of drug-likeness (QED) is 0.573. The van der Waals surface area contributed by atoms with Crippen LogP contribution in [0.25, 0.3) is 10.9 Å². The fraction of sp³-hybridized carbons (Fsp3) is 0.292. The Hall–Kier alpha value is -3.42. The van der Waals surface area contributed by atoms with Gasteiger partial charge in [0.25, 0.3) is 5.56 Å². The summed E-state index contributed by atoms with van der Waals surface area (Å²) in [6.45, 7) is 0.641. The number of benzene rings is 2. The Bertz CT molecular complexity index is 1180. The molecule has 0 radical (unpaired) electrons. The Morgan fingerprint density at radius 3 is 2.59 bits per heavy atom. The molecule has 1 aliphatic heterocycles. The SMILES string of the molecule is O=C(OCc1ccccc1)N1CCCC1Cc1ccc2c(C(F)(F)F)cccc2nc1=O. The summed E-state index contributed by atoms with van der Waals surface area (Å²) < 4.78 is 45.4. The van der Waals surface area contributed by atoms with Gasteiger partial charge < -0.3 is 9.64 Å². The summed E-state index contributed by atoms with van der Waals surface area (Å²) in [5, 5.41) is -0.131. The number of carbonyl (C=O) groups excluding carboxylic acids is 1. The zero-order chi connectivity index (χ0) is 22.7. The topological polar surface area (TPSA) is 59.5 Å². The number of likely N-dealkylation sites (tertiary alicyclic amines) is 1. The van der Waals surface area contributed by atoms with Crippen molar-refractivity contribution in [2.45, 2.75) is 38.1 Å². The number of rotatable bonds is 4. The van der Waals surface area contributed by atoms with E-state index in [1.807, 2.05) is 30.3 Å². The molecule has 2 aromatic carbocycles. The third-order valence-electron chi connectivity index (χ3n) is 5.61. The molecule has 4 rings (SSSR count). The normalized spacial score (nSPS) is 16.3. The molecule has 0 aliphatic carbocycles. The fourth-order valence-corrected chi connectivity index (χ4v) is 4.01. The molecule has 1 amide bonds. The molecule has 1 fully saturated rings. The third kappa shape index (κ3) is 4.74. The lowest BCUT2D eigenvalue weighted by molar-refractivity contribution is -0.136. The van der Waals surface area contributed by atoms with Gasteiger partial charge in [0.05, 0.1) is 11.1 Å². The van der Waals surface area contributed by atoms with Crippen LogP contribution < -0.4 is 5.56 Å². The average molecular weight is 442 g/mol. The molecule has 1 aliphatic rings. The molecule has 1 saturated heterocycles. The number of amides is 1. The fourth-order valence-electron chi connectivity index (χ4n) is 4.01. The Morgan fingerprint density at radius 2 is 1.84 bits per heavy atom. The van der Waals surface area contributed by atoms with E-state index >= 15 is 0 Å². The Kier molecular flexibility index (Phi) is 6.12. The van der Waals surface area contributed by atoms with Crippen LogP contribution in [-0.4, -0.2) is 28.6 Å². The zero-order valence-electron chi connectivity index (χ0n) is 17.1. The van der Waals surface area contributed by atoms with Crippen LogP contribution in [0.5, 0.6) is 0 Å². The van der Waals surface area contributed by atoms with Crippen molar-refractivity contribution in [1.82, 2.24) is 9.88 Å². The van der Waals surface area contributed by atoms with Crippen molar-refractivity contribution in [3.05, 3.63) is 87.7 Å². The van der Waals surface area contributed by atoms with Gasteiger partial charge in [0.1, 0.15) is 6.61 Å². The van der Waals surface area contributed by atoms with E-state index in [4.69, 9.17) is 4.74 Å². The first-order chi connectivity index (χ1) is 15.3. The van der Waals surface area contributed by atoms with E-state index in [0.717, 1.165) is 18.1 Å². The van der Waals surface area contributed by atoms with Crippen molar-refractivity contribution in [2.24, 2.45) is 0 Å². The molecule has 3 aromatic rings. The van der Waals surface area contributed by atoms with Crippen LogP contribution in [-0.2, 0) is 23.9 Å². The second-order valence-corrected chi connectivity index (χ2v) is 7.75. The van der Waals surface area contributed by atoms with Crippen LogP contribution in [0.15, 0.2) is 65.5 Å². The summed E-state index contributed by atoms with van der Waals surface area (Å²) in [7, 11) is 0. The molecule has 32 heavy (non-hydrogen) atoms. The third-order valence-corrected chi connectivity index (χ3v) is 5.61. The van der Waals surface area contributed by atoms with Crippen LogP contribution in [0, 0.1) is 0 Å². The van der Waals surface area contributed by atoms with Crippen molar-refractivity contribution in [3.8, 4) is 0 Å². The van der Waals surface area contributed by atoms with Crippen LogP contribution in [0.1, 0.15) is 29.5 Å². The predicted octanol–water partition coefficient (Wildman–Crippen LogP) is 4.96. The molecular formula is C24H21F3N2O3. The van der Waals surface area contributed by atoms with Crippen LogP contribution in [0.3, 0.4) is 0 Å². The second kappa shape index (κ2) is 8.98. The van der Waals surface area contributed by atoms with E-state index in [1.54, 1.807) is 4.90 Å². The summed E-state index contributed by atoms with van der Waals surface area (Å²) in [6, 6.07) is 15.3. The molecule has 0 saturated carbocycles. The number of fused-ring (bicyclic) bond motifs is 1. The highest BCUT2D eigenvalue weighted by Gasteiger charge is 2.33. The summed E-state index contributed by atoms with van der Waals surface area (Å²) in [6.07, 6.45) is -3.39. The zero-order valence-corrected chi connectivity index (χ0v) is 17.1. The number of halogens is 3. The number of hydrogen-bond donors (Lipinski definition) is 0. The van der Waals surface area contributed by atoms with E-state index < -0.39 is 23.4 Å². The molecule has 0 bridgehead atoms. The molecule has 1 unspecified atom stereocenters. The minimum Gasteiger partial charge on any atom is -0.445 e. The summed E-state index contributed by atoms with van der Waals surface area (Å²) in [4.78, 5) is 30.7. The minimum atomic E-state index is -4.55. The standard InChI is InChI=1S/C24H21F3N2O3/c25-24(26,27)20-9-4-10-21-19(20)12-11-17(22(30)28-21)14-18-8-5-13-29(18)23(31)32-15-16-6-2-1-3-7-16/h1-4,6-7,9-12,18H,5,8,13-15H2. The van der Waals surface area contributed by atoms with Crippen LogP contribution >= 0.6 is 0 Å². The maximum Gasteiger partial charge on any atom is 0.417 e. The number of hydrogen-bond acceptors (Lipinski definition) is 4. The lowest BCUT2D eigenvalue weighted by atomic mass is 10.1. The highest BCUT2D eigenvalue weighted by Crippen LogP contribution is 2.33. The Labute approximate surface area is 182 Å². The second-order valence-electron chi connectivity index (χ2n) is 7.75. The van der Waals surface area contributed by atoms with E-state index in [-0.39, 0.29) is 35.5 Å². The minimum absolute atomic E-state index is 0.0124. The molecular weight excluding hydrogens is 421 g/mol. The van der Waals surface area contributed by atoms with E-state index in [2.05, 4.69) is 4.98 Å². The van der Waals surface area contributed by atoms with Crippen LogP contribution in [0.4, 0.5) is 18.0 Å². The summed E-state index contributed by atoms with van der Waals surface area (Å²) in [5.74, 6) is 0.